The van der Waals surface area contributed by atoms with Crippen molar-refractivity contribution in [2.24, 2.45) is 0 Å². The van der Waals surface area contributed by atoms with Gasteiger partial charge in [0.1, 0.15) is 18.0 Å². The Morgan fingerprint density at radius 2 is 1.62 bits per heavy atom. The zero-order chi connectivity index (χ0) is 20.1. The lowest BCUT2D eigenvalue weighted by Crippen LogP contribution is -2.40. The van der Waals surface area contributed by atoms with E-state index >= 15 is 0 Å². The smallest absolute Gasteiger partial charge is 0.468 e. The summed E-state index contributed by atoms with van der Waals surface area (Å²) in [5.41, 5.74) is 0. The van der Waals surface area contributed by atoms with E-state index in [0.717, 1.165) is 32.4 Å². The summed E-state index contributed by atoms with van der Waals surface area (Å²) in [6, 6.07) is 2.78. The molecule has 0 aliphatic heterocycles. The van der Waals surface area contributed by atoms with Crippen molar-refractivity contribution in [3.63, 3.8) is 0 Å². The molecule has 0 aliphatic carbocycles. The van der Waals surface area contributed by atoms with Gasteiger partial charge in [-0.05, 0) is 18.2 Å². The van der Waals surface area contributed by atoms with Crippen molar-refractivity contribution in [2.45, 2.75) is 11.3 Å². The van der Waals surface area contributed by atoms with Crippen LogP contribution in [0.15, 0.2) is 27.6 Å². The number of hydrogen-bond acceptors (Lipinski definition) is 7. The summed E-state index contributed by atoms with van der Waals surface area (Å²) in [5, 5.41) is 0. The molecule has 0 unspecified atom stereocenters. The van der Waals surface area contributed by atoms with Gasteiger partial charge in [-0.15, -0.1) is 13.2 Å². The number of sulfonamides is 1. The molecule has 0 heterocycles. The van der Waals surface area contributed by atoms with E-state index in [-0.39, 0.29) is 4.47 Å². The van der Waals surface area contributed by atoms with Gasteiger partial charge in [-0.2, -0.15) is 4.31 Å². The van der Waals surface area contributed by atoms with Crippen LogP contribution in [0.1, 0.15) is 0 Å². The number of ether oxygens (including phenoxy) is 3. The maximum Gasteiger partial charge on any atom is 0.573 e. The van der Waals surface area contributed by atoms with Gasteiger partial charge in [0.15, 0.2) is 5.75 Å². The van der Waals surface area contributed by atoms with Gasteiger partial charge in [0.25, 0.3) is 0 Å². The third kappa shape index (κ3) is 6.14. The standard InChI is InChI=1S/C13H13BrF3NO7S/c1-23-11(19)6-18(7-12(20)24-2)26(21,22)10-4-3-8(14)5-9(10)25-13(15,16)17/h3-5H,6-7H2,1-2H3. The molecule has 0 bridgehead atoms. The first-order valence-electron chi connectivity index (χ1n) is 6.59. The molecule has 1 aromatic rings. The van der Waals surface area contributed by atoms with Crippen LogP contribution in [0.4, 0.5) is 13.2 Å². The van der Waals surface area contributed by atoms with Crippen molar-refractivity contribution in [1.29, 1.82) is 0 Å². The van der Waals surface area contributed by atoms with Crippen molar-refractivity contribution in [3.05, 3.63) is 22.7 Å². The fourth-order valence-electron chi connectivity index (χ4n) is 1.68. The molecule has 0 saturated carbocycles. The SMILES string of the molecule is COC(=O)CN(CC(=O)OC)S(=O)(=O)c1ccc(Br)cc1OC(F)(F)F. The predicted octanol–water partition coefficient (Wildman–Crippen LogP) is 1.68. The Morgan fingerprint density at radius 1 is 1.12 bits per heavy atom. The van der Waals surface area contributed by atoms with Gasteiger partial charge in [-0.3, -0.25) is 9.59 Å². The molecular formula is C13H13BrF3NO7S. The molecule has 1 rings (SSSR count). The average molecular weight is 464 g/mol. The highest BCUT2D eigenvalue weighted by Crippen LogP contribution is 2.33. The van der Waals surface area contributed by atoms with Crippen molar-refractivity contribution in [2.75, 3.05) is 27.3 Å². The zero-order valence-electron chi connectivity index (χ0n) is 13.4. The summed E-state index contributed by atoms with van der Waals surface area (Å²) < 4.78 is 76.0. The lowest BCUT2D eigenvalue weighted by molar-refractivity contribution is -0.275. The largest absolute Gasteiger partial charge is 0.573 e. The number of rotatable bonds is 7. The second-order valence-corrected chi connectivity index (χ2v) is 7.39. The summed E-state index contributed by atoms with van der Waals surface area (Å²) in [7, 11) is -2.79. The first-order valence-corrected chi connectivity index (χ1v) is 8.83. The van der Waals surface area contributed by atoms with Gasteiger partial charge in [-0.25, -0.2) is 8.42 Å². The number of nitrogens with zero attached hydrogens (tertiary/aromatic N) is 1. The first-order chi connectivity index (χ1) is 11.9. The Hall–Kier alpha value is -1.86. The number of halogens is 4. The minimum atomic E-state index is -5.17. The molecule has 0 aromatic heterocycles. The van der Waals surface area contributed by atoms with Crippen molar-refractivity contribution >= 4 is 37.9 Å². The minimum absolute atomic E-state index is 0.114. The highest BCUT2D eigenvalue weighted by atomic mass is 79.9. The second-order valence-electron chi connectivity index (χ2n) is 4.56. The van der Waals surface area contributed by atoms with Crippen LogP contribution in [-0.2, 0) is 29.1 Å². The molecule has 0 saturated heterocycles. The number of methoxy groups -OCH3 is 2. The monoisotopic (exact) mass is 463 g/mol. The van der Waals surface area contributed by atoms with Gasteiger partial charge in [0.2, 0.25) is 10.0 Å². The van der Waals surface area contributed by atoms with Crippen LogP contribution in [0.3, 0.4) is 0 Å². The Morgan fingerprint density at radius 3 is 2.04 bits per heavy atom. The Bertz CT molecular complexity index is 764. The lowest BCUT2D eigenvalue weighted by Gasteiger charge is -2.22. The molecular weight excluding hydrogens is 451 g/mol. The van der Waals surface area contributed by atoms with Gasteiger partial charge >= 0.3 is 18.3 Å². The number of alkyl halides is 3. The summed E-state index contributed by atoms with van der Waals surface area (Å²) >= 11 is 2.91. The van der Waals surface area contributed by atoms with Crippen molar-refractivity contribution in [1.82, 2.24) is 4.31 Å². The number of carbonyl (C=O) groups excluding carboxylic acids is 2. The molecule has 0 radical (unpaired) electrons. The van der Waals surface area contributed by atoms with Crippen molar-refractivity contribution < 1.29 is 45.4 Å². The Balaban J connectivity index is 3.42. The molecule has 0 amide bonds. The summed E-state index contributed by atoms with van der Waals surface area (Å²) in [6.45, 7) is -1.84. The lowest BCUT2D eigenvalue weighted by atomic mass is 10.3. The van der Waals surface area contributed by atoms with Crippen LogP contribution in [0.5, 0.6) is 5.75 Å². The molecule has 0 spiro atoms. The van der Waals surface area contributed by atoms with Crippen molar-refractivity contribution in [3.8, 4) is 5.75 Å². The second kappa shape index (κ2) is 8.68. The minimum Gasteiger partial charge on any atom is -0.468 e. The van der Waals surface area contributed by atoms with Gasteiger partial charge in [0, 0.05) is 4.47 Å². The molecule has 1 aromatic carbocycles. The van der Waals surface area contributed by atoms with E-state index in [4.69, 9.17) is 0 Å². The van der Waals surface area contributed by atoms with E-state index in [1.54, 1.807) is 0 Å². The van der Waals surface area contributed by atoms with Gasteiger partial charge in [-0.1, -0.05) is 15.9 Å². The number of esters is 2. The first kappa shape index (κ1) is 22.2. The average Bonchev–Trinajstić information content (AvgIpc) is 2.51. The number of carbonyl (C=O) groups is 2. The molecule has 0 N–H and O–H groups in total. The van der Waals surface area contributed by atoms with Crippen LogP contribution < -0.4 is 4.74 Å². The van der Waals surface area contributed by atoms with Crippen LogP contribution in [-0.4, -0.2) is 58.3 Å². The van der Waals surface area contributed by atoms with E-state index in [2.05, 4.69) is 30.1 Å². The highest BCUT2D eigenvalue weighted by Gasteiger charge is 2.37. The van der Waals surface area contributed by atoms with Gasteiger partial charge < -0.3 is 14.2 Å². The quantitative estimate of drug-likeness (QED) is 0.567. The Labute approximate surface area is 155 Å². The number of benzene rings is 1. The maximum absolute atomic E-state index is 12.7. The van der Waals surface area contributed by atoms with Crippen LogP contribution in [0.25, 0.3) is 0 Å². The summed E-state index contributed by atoms with van der Waals surface area (Å²) in [5.74, 6) is -3.10. The normalized spacial score (nSPS) is 12.0. The fourth-order valence-corrected chi connectivity index (χ4v) is 3.45. The van der Waals surface area contributed by atoms with Crippen LogP contribution in [0.2, 0.25) is 0 Å². The topological polar surface area (TPSA) is 99.2 Å². The molecule has 0 fully saturated rings. The van der Waals surface area contributed by atoms with Crippen LogP contribution >= 0.6 is 15.9 Å². The third-order valence-corrected chi connectivity index (χ3v) is 5.14. The zero-order valence-corrected chi connectivity index (χ0v) is 15.8. The Kier molecular flexibility index (Phi) is 7.41. The van der Waals surface area contributed by atoms with E-state index in [1.807, 2.05) is 0 Å². The molecule has 26 heavy (non-hydrogen) atoms. The summed E-state index contributed by atoms with van der Waals surface area (Å²) in [4.78, 5) is 22.0. The maximum atomic E-state index is 12.7. The molecule has 13 heteroatoms. The number of hydrogen-bond donors (Lipinski definition) is 0. The third-order valence-electron chi connectivity index (χ3n) is 2.82. The van der Waals surface area contributed by atoms with E-state index in [0.29, 0.717) is 4.31 Å². The van der Waals surface area contributed by atoms with Gasteiger partial charge in [0.05, 0.1) is 14.2 Å². The summed E-state index contributed by atoms with van der Waals surface area (Å²) in [6.07, 6.45) is -5.17. The highest BCUT2D eigenvalue weighted by molar-refractivity contribution is 9.10. The van der Waals surface area contributed by atoms with E-state index < -0.39 is 52.1 Å². The molecule has 0 atom stereocenters. The fraction of sp³-hybridized carbons (Fsp3) is 0.385. The van der Waals surface area contributed by atoms with E-state index in [1.165, 1.54) is 0 Å². The molecule has 0 aliphatic rings. The predicted molar refractivity (Wildman–Crippen MR) is 83.6 cm³/mol. The van der Waals surface area contributed by atoms with E-state index in [9.17, 15) is 31.2 Å². The molecule has 8 nitrogen and oxygen atoms in total. The molecule has 146 valence electrons. The van der Waals surface area contributed by atoms with Crippen LogP contribution in [0, 0.1) is 0 Å².